The summed E-state index contributed by atoms with van der Waals surface area (Å²) in [5.41, 5.74) is -0.639. The molecule has 0 unspecified atom stereocenters. The average Bonchev–Trinajstić information content (AvgIpc) is 2.20. The third kappa shape index (κ3) is 12.0. The van der Waals surface area contributed by atoms with Crippen LogP contribution >= 0.6 is 0 Å². The molecule has 0 amide bonds. The second-order valence-electron chi connectivity index (χ2n) is 8.58. The van der Waals surface area contributed by atoms with Gasteiger partial charge in [0.05, 0.1) is 11.2 Å². The van der Waals surface area contributed by atoms with Gasteiger partial charge in [0.15, 0.2) is 0 Å². The minimum Gasteiger partial charge on any atom is -0.287 e. The molecule has 0 rings (SSSR count). The molecule has 0 bridgehead atoms. The monoisotopic (exact) mass is 322 g/mol. The lowest BCUT2D eigenvalue weighted by Gasteiger charge is -2.32. The number of rotatable bonds is 9. The van der Waals surface area contributed by atoms with Crippen molar-refractivity contribution in [2.75, 3.05) is 0 Å². The van der Waals surface area contributed by atoms with Crippen LogP contribution in [-0.2, 0) is 18.9 Å². The molecular weight excluding hydrogens is 288 g/mol. The summed E-state index contributed by atoms with van der Waals surface area (Å²) in [6.45, 7) is 20.8. The fourth-order valence-electron chi connectivity index (χ4n) is 1.16. The highest BCUT2D eigenvalue weighted by Gasteiger charge is 2.30. The van der Waals surface area contributed by atoms with Gasteiger partial charge in [-0.1, -0.05) is 0 Å². The fraction of sp³-hybridized carbons (Fsp3) is 1.00. The van der Waals surface area contributed by atoms with Gasteiger partial charge in [0.2, 0.25) is 16.6 Å². The van der Waals surface area contributed by atoms with Gasteiger partial charge < -0.3 is 0 Å². The zero-order valence-electron chi connectivity index (χ0n) is 15.0. The van der Waals surface area contributed by atoms with Crippen LogP contribution in [0.2, 0.25) is 39.3 Å². The van der Waals surface area contributed by atoms with Gasteiger partial charge in [0.1, 0.15) is 0 Å². The SMILES string of the molecule is CC(C)(CCC(C)(C)OO[Si](C)(C)C)OO[Si](C)(C)C. The normalized spacial score (nSPS) is 14.7. The number of hydrogen-bond donors (Lipinski definition) is 0. The molecule has 0 radical (unpaired) electrons. The summed E-state index contributed by atoms with van der Waals surface area (Å²) in [6.07, 6.45) is 1.69. The van der Waals surface area contributed by atoms with Crippen molar-refractivity contribution in [3.05, 3.63) is 0 Å². The van der Waals surface area contributed by atoms with Crippen LogP contribution in [0, 0.1) is 0 Å². The lowest BCUT2D eigenvalue weighted by Crippen LogP contribution is -2.37. The molecule has 0 aliphatic carbocycles. The Morgan fingerprint density at radius 1 is 0.600 bits per heavy atom. The zero-order chi connectivity index (χ0) is 16.2. The Hall–Kier alpha value is 0.274. The van der Waals surface area contributed by atoms with Crippen LogP contribution in [0.5, 0.6) is 0 Å². The van der Waals surface area contributed by atoms with E-state index in [0.29, 0.717) is 0 Å². The van der Waals surface area contributed by atoms with Crippen LogP contribution in [0.15, 0.2) is 0 Å². The molecule has 0 fully saturated rings. The van der Waals surface area contributed by atoms with E-state index in [2.05, 4.69) is 39.3 Å². The maximum atomic E-state index is 5.61. The Bertz CT molecular complexity index is 261. The summed E-state index contributed by atoms with van der Waals surface area (Å²) < 4.78 is 11.1. The van der Waals surface area contributed by atoms with E-state index in [1.165, 1.54) is 0 Å². The Morgan fingerprint density at radius 2 is 0.850 bits per heavy atom. The van der Waals surface area contributed by atoms with Crippen molar-refractivity contribution < 1.29 is 18.9 Å². The Balaban J connectivity index is 4.23. The molecule has 0 saturated carbocycles. The summed E-state index contributed by atoms with van der Waals surface area (Å²) in [5, 5.41) is 0. The first kappa shape index (κ1) is 20.3. The highest BCUT2D eigenvalue weighted by Crippen LogP contribution is 2.27. The van der Waals surface area contributed by atoms with Crippen LogP contribution in [0.3, 0.4) is 0 Å². The largest absolute Gasteiger partial charge is 0.287 e. The van der Waals surface area contributed by atoms with E-state index in [0.717, 1.165) is 12.8 Å². The van der Waals surface area contributed by atoms with Gasteiger partial charge in [0.25, 0.3) is 0 Å². The predicted octanol–water partition coefficient (Wildman–Crippen LogP) is 4.89. The maximum Gasteiger partial charge on any atom is 0.230 e. The van der Waals surface area contributed by atoms with Crippen molar-refractivity contribution in [3.8, 4) is 0 Å². The van der Waals surface area contributed by atoms with Gasteiger partial charge in [-0.3, -0.25) is 9.15 Å². The van der Waals surface area contributed by atoms with Crippen molar-refractivity contribution >= 4 is 16.6 Å². The van der Waals surface area contributed by atoms with Crippen LogP contribution in [0.4, 0.5) is 0 Å². The summed E-state index contributed by atoms with van der Waals surface area (Å²) in [4.78, 5) is 11.2. The summed E-state index contributed by atoms with van der Waals surface area (Å²) in [5.74, 6) is 0. The van der Waals surface area contributed by atoms with Crippen LogP contribution in [-0.4, -0.2) is 27.8 Å². The molecule has 0 aromatic heterocycles. The molecule has 0 heterocycles. The molecule has 0 saturated heterocycles. The van der Waals surface area contributed by atoms with Gasteiger partial charge in [-0.25, -0.2) is 9.78 Å². The molecule has 0 N–H and O–H groups in total. The van der Waals surface area contributed by atoms with E-state index in [-0.39, 0.29) is 11.2 Å². The summed E-state index contributed by atoms with van der Waals surface area (Å²) >= 11 is 0. The molecule has 0 spiro atoms. The smallest absolute Gasteiger partial charge is 0.230 e. The third-order valence-electron chi connectivity index (χ3n) is 2.36. The summed E-state index contributed by atoms with van der Waals surface area (Å²) in [7, 11) is -3.31. The van der Waals surface area contributed by atoms with Crippen LogP contribution in [0.1, 0.15) is 40.5 Å². The minimum atomic E-state index is -1.65. The molecule has 0 aromatic rings. The molecular formula is C14H34O4Si2. The van der Waals surface area contributed by atoms with E-state index < -0.39 is 16.6 Å². The van der Waals surface area contributed by atoms with Crippen molar-refractivity contribution in [1.29, 1.82) is 0 Å². The standard InChI is InChI=1S/C14H34O4Si2/c1-13(2,15-17-19(5,6)7)11-12-14(3,4)16-18-20(8,9)10/h11-12H2,1-10H3. The Labute approximate surface area is 127 Å². The number of hydrogen-bond acceptors (Lipinski definition) is 4. The molecule has 122 valence electrons. The summed E-state index contributed by atoms with van der Waals surface area (Å²) in [6, 6.07) is 0. The lowest BCUT2D eigenvalue weighted by molar-refractivity contribution is -0.310. The predicted molar refractivity (Wildman–Crippen MR) is 88.4 cm³/mol. The molecule has 0 aliphatic heterocycles. The zero-order valence-corrected chi connectivity index (χ0v) is 17.0. The van der Waals surface area contributed by atoms with E-state index in [1.807, 2.05) is 27.7 Å². The quantitative estimate of drug-likeness (QED) is 0.344. The molecule has 20 heavy (non-hydrogen) atoms. The van der Waals surface area contributed by atoms with Gasteiger partial charge in [-0.2, -0.15) is 0 Å². The van der Waals surface area contributed by atoms with Crippen molar-refractivity contribution in [1.82, 2.24) is 0 Å². The molecule has 6 heteroatoms. The maximum absolute atomic E-state index is 5.61. The topological polar surface area (TPSA) is 36.9 Å². The average molecular weight is 323 g/mol. The molecule has 4 nitrogen and oxygen atoms in total. The van der Waals surface area contributed by atoms with Crippen molar-refractivity contribution in [2.45, 2.75) is 91.0 Å². The lowest BCUT2D eigenvalue weighted by atomic mass is 9.94. The van der Waals surface area contributed by atoms with Gasteiger partial charge in [-0.15, -0.1) is 0 Å². The van der Waals surface area contributed by atoms with Crippen molar-refractivity contribution in [3.63, 3.8) is 0 Å². The fourth-order valence-corrected chi connectivity index (χ4v) is 2.11. The molecule has 0 aromatic carbocycles. The first-order valence-corrected chi connectivity index (χ1v) is 14.2. The van der Waals surface area contributed by atoms with E-state index >= 15 is 0 Å². The molecule has 0 atom stereocenters. The molecule has 0 aliphatic rings. The highest BCUT2D eigenvalue weighted by molar-refractivity contribution is 6.69. The third-order valence-corrected chi connectivity index (χ3v) is 3.53. The Kier molecular flexibility index (Phi) is 7.12. The van der Waals surface area contributed by atoms with Crippen LogP contribution < -0.4 is 0 Å². The van der Waals surface area contributed by atoms with Crippen molar-refractivity contribution in [2.24, 2.45) is 0 Å². The first-order chi connectivity index (χ1) is 8.62. The minimum absolute atomic E-state index is 0.319. The van der Waals surface area contributed by atoms with E-state index in [1.54, 1.807) is 0 Å². The second kappa shape index (κ2) is 7.02. The second-order valence-corrected chi connectivity index (χ2v) is 17.4. The van der Waals surface area contributed by atoms with Crippen LogP contribution in [0.25, 0.3) is 0 Å². The first-order valence-electron chi connectivity index (χ1n) is 7.36. The highest BCUT2D eigenvalue weighted by atomic mass is 28.4. The van der Waals surface area contributed by atoms with Gasteiger partial charge in [0, 0.05) is 0 Å². The Morgan fingerprint density at radius 3 is 1.05 bits per heavy atom. The van der Waals surface area contributed by atoms with E-state index in [4.69, 9.17) is 18.9 Å². The van der Waals surface area contributed by atoms with E-state index in [9.17, 15) is 0 Å². The van der Waals surface area contributed by atoms with Gasteiger partial charge in [-0.05, 0) is 79.8 Å². The van der Waals surface area contributed by atoms with Gasteiger partial charge >= 0.3 is 0 Å².